The Morgan fingerprint density at radius 3 is 1.75 bits per heavy atom. The smallest absolute Gasteiger partial charge is 0.0622 e. The Balaban J connectivity index is 2.05. The average Bonchev–Trinajstić information content (AvgIpc) is 2.66. The Kier molecular flexibility index (Phi) is 3.97. The van der Waals surface area contributed by atoms with E-state index in [1.54, 1.807) is 0 Å². The Morgan fingerprint density at radius 2 is 1.21 bits per heavy atom. The van der Waals surface area contributed by atoms with Gasteiger partial charge in [-0.05, 0) is 31.0 Å². The van der Waals surface area contributed by atoms with Gasteiger partial charge >= 0.3 is 0 Å². The number of rotatable bonds is 3. The van der Waals surface area contributed by atoms with Gasteiger partial charge in [0.1, 0.15) is 5.75 Å². The molecule has 0 saturated heterocycles. The summed E-state index contributed by atoms with van der Waals surface area (Å²) in [4.78, 5) is 3.06. The summed E-state index contributed by atoms with van der Waals surface area (Å²) in [6.45, 7) is 4.69. The van der Waals surface area contributed by atoms with Gasteiger partial charge in [-0.2, -0.15) is 0 Å². The van der Waals surface area contributed by atoms with Gasteiger partial charge in [0, 0.05) is 11.1 Å². The minimum absolute atomic E-state index is 0.0777. The fraction of sp³-hybridized carbons (Fsp3) is 0.217. The molecule has 1 heteroatoms. The van der Waals surface area contributed by atoms with Crippen molar-refractivity contribution in [3.63, 3.8) is 0 Å². The van der Waals surface area contributed by atoms with Gasteiger partial charge in [0.25, 0.3) is 0 Å². The van der Waals surface area contributed by atoms with Crippen molar-refractivity contribution in [2.45, 2.75) is 35.5 Å². The molecule has 3 aromatic carbocycles. The molecular weight excluding hydrogens is 308 g/mol. The number of hydrogen-bond acceptors (Lipinski definition) is 0. The van der Waals surface area contributed by atoms with Gasteiger partial charge in [0.05, 0.1) is 16.3 Å². The molecule has 0 radical (unpaired) electrons. The van der Waals surface area contributed by atoms with E-state index in [4.69, 9.17) is 0 Å². The van der Waals surface area contributed by atoms with Crippen LogP contribution in [0.1, 0.15) is 37.0 Å². The molecule has 0 aromatic heterocycles. The SMILES string of the molecule is CCC[S+]1c2ccccc2C(C)(c2ccccc2)c2ccccc21. The molecule has 0 aliphatic carbocycles. The maximum atomic E-state index is 2.40. The normalized spacial score (nSPS) is 21.8. The highest BCUT2D eigenvalue weighted by Gasteiger charge is 2.47. The molecule has 3 aromatic rings. The van der Waals surface area contributed by atoms with E-state index in [-0.39, 0.29) is 16.3 Å². The van der Waals surface area contributed by atoms with E-state index in [0.29, 0.717) is 0 Å². The van der Waals surface area contributed by atoms with Crippen molar-refractivity contribution in [2.24, 2.45) is 0 Å². The molecule has 0 saturated carbocycles. The molecule has 0 atom stereocenters. The van der Waals surface area contributed by atoms with Crippen LogP contribution in [0, 0.1) is 0 Å². The molecule has 0 nitrogen and oxygen atoms in total. The Morgan fingerprint density at radius 1 is 0.708 bits per heavy atom. The van der Waals surface area contributed by atoms with Gasteiger partial charge < -0.3 is 0 Å². The lowest BCUT2D eigenvalue weighted by molar-refractivity contribution is 0.652. The first-order valence-electron chi connectivity index (χ1n) is 8.72. The predicted molar refractivity (Wildman–Crippen MR) is 104 cm³/mol. The van der Waals surface area contributed by atoms with E-state index >= 15 is 0 Å². The van der Waals surface area contributed by atoms with Crippen molar-refractivity contribution in [1.82, 2.24) is 0 Å². The van der Waals surface area contributed by atoms with E-state index in [0.717, 1.165) is 0 Å². The molecule has 120 valence electrons. The highest BCUT2D eigenvalue weighted by atomic mass is 32.2. The molecule has 0 spiro atoms. The van der Waals surface area contributed by atoms with E-state index in [1.165, 1.54) is 38.7 Å². The second-order valence-corrected chi connectivity index (χ2v) is 8.65. The first-order chi connectivity index (χ1) is 11.8. The first-order valence-corrected chi connectivity index (χ1v) is 10.1. The van der Waals surface area contributed by atoms with E-state index in [1.807, 2.05) is 0 Å². The van der Waals surface area contributed by atoms with Crippen LogP contribution in [0.3, 0.4) is 0 Å². The highest BCUT2D eigenvalue weighted by molar-refractivity contribution is 7.97. The quantitative estimate of drug-likeness (QED) is 0.532. The summed E-state index contributed by atoms with van der Waals surface area (Å²) < 4.78 is 0. The van der Waals surface area contributed by atoms with Gasteiger partial charge in [-0.1, -0.05) is 73.7 Å². The molecule has 4 rings (SSSR count). The van der Waals surface area contributed by atoms with Crippen LogP contribution in [-0.2, 0) is 16.3 Å². The topological polar surface area (TPSA) is 0 Å². The Hall–Kier alpha value is -1.99. The van der Waals surface area contributed by atoms with Gasteiger partial charge in [0.2, 0.25) is 0 Å². The van der Waals surface area contributed by atoms with Crippen molar-refractivity contribution in [2.75, 3.05) is 5.75 Å². The van der Waals surface area contributed by atoms with Crippen LogP contribution in [0.4, 0.5) is 0 Å². The van der Waals surface area contributed by atoms with Crippen molar-refractivity contribution in [3.05, 3.63) is 95.6 Å². The van der Waals surface area contributed by atoms with Crippen LogP contribution in [0.2, 0.25) is 0 Å². The minimum Gasteiger partial charge on any atom is -0.0622 e. The predicted octanol–water partition coefficient (Wildman–Crippen LogP) is 5.80. The summed E-state index contributed by atoms with van der Waals surface area (Å²) in [5, 5.41) is 0. The van der Waals surface area contributed by atoms with Gasteiger partial charge in [0.15, 0.2) is 9.79 Å². The van der Waals surface area contributed by atoms with Crippen LogP contribution < -0.4 is 0 Å². The second-order valence-electron chi connectivity index (χ2n) is 6.58. The van der Waals surface area contributed by atoms with Crippen molar-refractivity contribution in [1.29, 1.82) is 0 Å². The molecule has 0 fully saturated rings. The van der Waals surface area contributed by atoms with E-state index < -0.39 is 0 Å². The zero-order valence-electron chi connectivity index (χ0n) is 14.3. The number of fused-ring (bicyclic) bond motifs is 2. The summed E-state index contributed by atoms with van der Waals surface area (Å²) in [6.07, 6.45) is 1.22. The summed E-state index contributed by atoms with van der Waals surface area (Å²) in [5.41, 5.74) is 4.26. The molecule has 0 bridgehead atoms. The standard InChI is InChI=1S/C23H23S/c1-3-17-24-21-15-9-7-13-19(21)23(2,18-11-5-4-6-12-18)20-14-8-10-16-22(20)24/h4-16H,3,17H2,1-2H3/q+1. The van der Waals surface area contributed by atoms with Crippen LogP contribution in [-0.4, -0.2) is 5.75 Å². The third-order valence-electron chi connectivity index (χ3n) is 5.14. The monoisotopic (exact) mass is 331 g/mol. The fourth-order valence-electron chi connectivity index (χ4n) is 3.96. The van der Waals surface area contributed by atoms with Gasteiger partial charge in [-0.15, -0.1) is 0 Å². The van der Waals surface area contributed by atoms with Gasteiger partial charge in [-0.3, -0.25) is 0 Å². The lowest BCUT2D eigenvalue weighted by atomic mass is 9.71. The zero-order valence-corrected chi connectivity index (χ0v) is 15.1. The van der Waals surface area contributed by atoms with E-state index in [2.05, 4.69) is 92.7 Å². The molecule has 1 heterocycles. The Bertz CT molecular complexity index is 803. The molecule has 0 N–H and O–H groups in total. The highest BCUT2D eigenvalue weighted by Crippen LogP contribution is 2.50. The number of hydrogen-bond donors (Lipinski definition) is 0. The number of benzene rings is 3. The summed E-state index contributed by atoms with van der Waals surface area (Å²) >= 11 is 0. The molecule has 0 unspecified atom stereocenters. The largest absolute Gasteiger partial charge is 0.165 e. The summed E-state index contributed by atoms with van der Waals surface area (Å²) in [7, 11) is 0.185. The molecule has 0 amide bonds. The summed E-state index contributed by atoms with van der Waals surface area (Å²) in [5.74, 6) is 1.24. The van der Waals surface area contributed by atoms with E-state index in [9.17, 15) is 0 Å². The van der Waals surface area contributed by atoms with Gasteiger partial charge in [-0.25, -0.2) is 0 Å². The molecule has 24 heavy (non-hydrogen) atoms. The summed E-state index contributed by atoms with van der Waals surface area (Å²) in [6, 6.07) is 29.2. The fourth-order valence-corrected chi connectivity index (χ4v) is 6.61. The van der Waals surface area contributed by atoms with Crippen molar-refractivity contribution in [3.8, 4) is 0 Å². The van der Waals surface area contributed by atoms with Crippen LogP contribution in [0.25, 0.3) is 0 Å². The lowest BCUT2D eigenvalue weighted by Crippen LogP contribution is -2.34. The third kappa shape index (κ3) is 2.22. The lowest BCUT2D eigenvalue weighted by Gasteiger charge is -2.37. The zero-order chi connectivity index (χ0) is 16.6. The minimum atomic E-state index is -0.0777. The van der Waals surface area contributed by atoms with Crippen LogP contribution in [0.5, 0.6) is 0 Å². The first kappa shape index (κ1) is 15.5. The maximum absolute atomic E-state index is 2.40. The van der Waals surface area contributed by atoms with Crippen LogP contribution in [0.15, 0.2) is 88.7 Å². The Labute approximate surface area is 147 Å². The van der Waals surface area contributed by atoms with Crippen LogP contribution >= 0.6 is 0 Å². The average molecular weight is 332 g/mol. The third-order valence-corrected chi connectivity index (χ3v) is 7.73. The molecule has 1 aliphatic heterocycles. The van der Waals surface area contributed by atoms with Crippen molar-refractivity contribution >= 4 is 10.9 Å². The molecule has 1 aliphatic rings. The maximum Gasteiger partial charge on any atom is 0.165 e. The van der Waals surface area contributed by atoms with Crippen molar-refractivity contribution < 1.29 is 0 Å². The molecular formula is C23H23S+. The second kappa shape index (κ2) is 6.14.